The molecule has 0 bridgehead atoms. The summed E-state index contributed by atoms with van der Waals surface area (Å²) in [6, 6.07) is 3.32. The molecule has 0 fully saturated rings. The SMILES string of the molecule is C=CC(=O)NCC(=O)N1CCc2c(c3ccc(Cl)c(F)c3n2C)C1. The van der Waals surface area contributed by atoms with Crippen molar-refractivity contribution in [1.82, 2.24) is 14.8 Å². The topological polar surface area (TPSA) is 54.3 Å². The quantitative estimate of drug-likeness (QED) is 0.863. The van der Waals surface area contributed by atoms with E-state index in [0.29, 0.717) is 25.0 Å². The van der Waals surface area contributed by atoms with Crippen LogP contribution < -0.4 is 5.32 Å². The van der Waals surface area contributed by atoms with Gasteiger partial charge in [-0.2, -0.15) is 0 Å². The summed E-state index contributed by atoms with van der Waals surface area (Å²) in [4.78, 5) is 25.1. The standard InChI is InChI=1S/C17H17ClFN3O2/c1-3-14(23)20-8-15(24)22-7-6-13-11(9-22)10-4-5-12(18)16(19)17(10)21(13)2/h3-5H,1,6-9H2,2H3,(H,20,23). The Labute approximate surface area is 143 Å². The van der Waals surface area contributed by atoms with Crippen LogP contribution in [0, 0.1) is 5.82 Å². The molecule has 24 heavy (non-hydrogen) atoms. The van der Waals surface area contributed by atoms with E-state index in [4.69, 9.17) is 11.6 Å². The first-order valence-electron chi connectivity index (χ1n) is 7.56. The van der Waals surface area contributed by atoms with Crippen LogP contribution in [0.25, 0.3) is 10.9 Å². The summed E-state index contributed by atoms with van der Waals surface area (Å²) >= 11 is 5.89. The number of halogens is 2. The molecule has 0 radical (unpaired) electrons. The molecule has 1 aromatic heterocycles. The highest BCUT2D eigenvalue weighted by atomic mass is 35.5. The van der Waals surface area contributed by atoms with Gasteiger partial charge in [-0.25, -0.2) is 4.39 Å². The normalized spacial score (nSPS) is 13.7. The lowest BCUT2D eigenvalue weighted by Crippen LogP contribution is -2.42. The summed E-state index contributed by atoms with van der Waals surface area (Å²) in [5.41, 5.74) is 2.39. The molecule has 1 aromatic carbocycles. The maximum atomic E-state index is 14.4. The predicted molar refractivity (Wildman–Crippen MR) is 90.2 cm³/mol. The van der Waals surface area contributed by atoms with Gasteiger partial charge in [0.05, 0.1) is 17.1 Å². The van der Waals surface area contributed by atoms with Crippen LogP contribution in [0.2, 0.25) is 5.02 Å². The van der Waals surface area contributed by atoms with Crippen LogP contribution in [-0.2, 0) is 29.6 Å². The second kappa shape index (κ2) is 6.28. The number of carbonyl (C=O) groups excluding carboxylic acids is 2. The maximum Gasteiger partial charge on any atom is 0.243 e. The van der Waals surface area contributed by atoms with E-state index in [1.165, 1.54) is 6.07 Å². The lowest BCUT2D eigenvalue weighted by Gasteiger charge is -2.28. The first-order valence-corrected chi connectivity index (χ1v) is 7.94. The van der Waals surface area contributed by atoms with E-state index in [-0.39, 0.29) is 23.4 Å². The Morgan fingerprint density at radius 2 is 2.21 bits per heavy atom. The Hall–Kier alpha value is -2.34. The molecule has 0 atom stereocenters. The zero-order valence-corrected chi connectivity index (χ0v) is 14.0. The fourth-order valence-corrected chi connectivity index (χ4v) is 3.32. The van der Waals surface area contributed by atoms with Crippen molar-refractivity contribution in [2.45, 2.75) is 13.0 Å². The number of aromatic nitrogens is 1. The van der Waals surface area contributed by atoms with Crippen LogP contribution in [0.4, 0.5) is 4.39 Å². The van der Waals surface area contributed by atoms with Gasteiger partial charge in [0.1, 0.15) is 0 Å². The summed E-state index contributed by atoms with van der Waals surface area (Å²) in [6.07, 6.45) is 1.75. The van der Waals surface area contributed by atoms with Crippen LogP contribution >= 0.6 is 11.6 Å². The van der Waals surface area contributed by atoms with Crippen molar-refractivity contribution in [3.05, 3.63) is 46.9 Å². The average Bonchev–Trinajstić information content (AvgIpc) is 2.88. The molecule has 0 saturated heterocycles. The molecule has 1 aliphatic rings. The number of benzene rings is 1. The van der Waals surface area contributed by atoms with Crippen molar-refractivity contribution < 1.29 is 14.0 Å². The molecule has 2 amide bonds. The highest BCUT2D eigenvalue weighted by Gasteiger charge is 2.27. The first-order chi connectivity index (χ1) is 11.4. The average molecular weight is 350 g/mol. The monoisotopic (exact) mass is 349 g/mol. The van der Waals surface area contributed by atoms with Crippen molar-refractivity contribution in [2.75, 3.05) is 13.1 Å². The Balaban J connectivity index is 1.89. The van der Waals surface area contributed by atoms with E-state index in [1.54, 1.807) is 11.0 Å². The number of hydrogen-bond donors (Lipinski definition) is 1. The highest BCUT2D eigenvalue weighted by Crippen LogP contribution is 2.34. The molecule has 5 nitrogen and oxygen atoms in total. The Morgan fingerprint density at radius 3 is 2.92 bits per heavy atom. The molecule has 2 aromatic rings. The number of nitrogens with one attached hydrogen (secondary N) is 1. The number of carbonyl (C=O) groups is 2. The molecule has 0 saturated carbocycles. The number of hydrogen-bond acceptors (Lipinski definition) is 2. The number of nitrogens with zero attached hydrogens (tertiary/aromatic N) is 2. The van der Waals surface area contributed by atoms with Crippen molar-refractivity contribution in [3.8, 4) is 0 Å². The molecule has 3 rings (SSSR count). The Bertz CT molecular complexity index is 859. The number of aryl methyl sites for hydroxylation is 1. The second-order valence-corrected chi connectivity index (χ2v) is 6.14. The van der Waals surface area contributed by atoms with Gasteiger partial charge in [-0.05, 0) is 12.1 Å². The zero-order valence-electron chi connectivity index (χ0n) is 13.2. The zero-order chi connectivity index (χ0) is 17.4. The van der Waals surface area contributed by atoms with Crippen LogP contribution in [0.1, 0.15) is 11.3 Å². The van der Waals surface area contributed by atoms with Crippen LogP contribution in [0.3, 0.4) is 0 Å². The van der Waals surface area contributed by atoms with Crippen LogP contribution in [-0.4, -0.2) is 34.4 Å². The molecule has 0 aliphatic carbocycles. The van der Waals surface area contributed by atoms with Crippen LogP contribution in [0.15, 0.2) is 24.8 Å². The van der Waals surface area contributed by atoms with Gasteiger partial charge in [0.2, 0.25) is 11.8 Å². The Kier molecular flexibility index (Phi) is 4.32. The maximum absolute atomic E-state index is 14.4. The van der Waals surface area contributed by atoms with E-state index in [0.717, 1.165) is 22.7 Å². The summed E-state index contributed by atoms with van der Waals surface area (Å²) in [6.45, 7) is 4.18. The van der Waals surface area contributed by atoms with Crippen molar-refractivity contribution in [2.24, 2.45) is 7.05 Å². The van der Waals surface area contributed by atoms with Gasteiger partial charge < -0.3 is 14.8 Å². The van der Waals surface area contributed by atoms with Gasteiger partial charge in [-0.1, -0.05) is 24.2 Å². The number of fused-ring (bicyclic) bond motifs is 3. The summed E-state index contributed by atoms with van der Waals surface area (Å²) in [7, 11) is 1.81. The van der Waals surface area contributed by atoms with Crippen LogP contribution in [0.5, 0.6) is 0 Å². The third-order valence-electron chi connectivity index (χ3n) is 4.40. The minimum Gasteiger partial charge on any atom is -0.345 e. The molecular formula is C17H17ClFN3O2. The van der Waals surface area contributed by atoms with Gasteiger partial charge in [0.15, 0.2) is 5.82 Å². The van der Waals surface area contributed by atoms with E-state index in [9.17, 15) is 14.0 Å². The van der Waals surface area contributed by atoms with E-state index < -0.39 is 5.82 Å². The van der Waals surface area contributed by atoms with Crippen molar-refractivity contribution in [3.63, 3.8) is 0 Å². The fourth-order valence-electron chi connectivity index (χ4n) is 3.17. The molecule has 126 valence electrons. The summed E-state index contributed by atoms with van der Waals surface area (Å²) in [5.74, 6) is -1.01. The number of amides is 2. The van der Waals surface area contributed by atoms with Crippen molar-refractivity contribution >= 4 is 34.3 Å². The van der Waals surface area contributed by atoms with E-state index in [1.807, 2.05) is 11.6 Å². The highest BCUT2D eigenvalue weighted by molar-refractivity contribution is 6.31. The smallest absolute Gasteiger partial charge is 0.243 e. The third kappa shape index (κ3) is 2.67. The lowest BCUT2D eigenvalue weighted by atomic mass is 10.0. The lowest BCUT2D eigenvalue weighted by molar-refractivity contribution is -0.132. The molecule has 7 heteroatoms. The fraction of sp³-hybridized carbons (Fsp3) is 0.294. The molecule has 0 spiro atoms. The van der Waals surface area contributed by atoms with Crippen molar-refractivity contribution in [1.29, 1.82) is 0 Å². The van der Waals surface area contributed by atoms with Gasteiger partial charge in [-0.3, -0.25) is 9.59 Å². The molecular weight excluding hydrogens is 333 g/mol. The van der Waals surface area contributed by atoms with E-state index in [2.05, 4.69) is 11.9 Å². The second-order valence-electron chi connectivity index (χ2n) is 5.73. The van der Waals surface area contributed by atoms with Gasteiger partial charge in [0.25, 0.3) is 0 Å². The summed E-state index contributed by atoms with van der Waals surface area (Å²) in [5, 5.41) is 3.33. The van der Waals surface area contributed by atoms with Gasteiger partial charge >= 0.3 is 0 Å². The largest absolute Gasteiger partial charge is 0.345 e. The van der Waals surface area contributed by atoms with Gasteiger partial charge in [-0.15, -0.1) is 0 Å². The molecule has 1 N–H and O–H groups in total. The Morgan fingerprint density at radius 1 is 1.46 bits per heavy atom. The number of rotatable bonds is 3. The molecule has 0 unspecified atom stereocenters. The van der Waals surface area contributed by atoms with Gasteiger partial charge in [0, 0.05) is 43.2 Å². The molecule has 1 aliphatic heterocycles. The summed E-state index contributed by atoms with van der Waals surface area (Å²) < 4.78 is 16.2. The third-order valence-corrected chi connectivity index (χ3v) is 4.69. The van der Waals surface area contributed by atoms with E-state index >= 15 is 0 Å². The minimum absolute atomic E-state index is 0.0782. The minimum atomic E-state index is -0.442. The molecule has 2 heterocycles. The predicted octanol–water partition coefficient (Wildman–Crippen LogP) is 2.16. The first kappa shape index (κ1) is 16.5.